The van der Waals surface area contributed by atoms with E-state index in [1.165, 1.54) is 6.42 Å². The molecule has 2 heterocycles. The number of nitrogens with zero attached hydrogens (tertiary/aromatic N) is 1. The number of likely N-dealkylation sites (tertiary alicyclic amines) is 1. The number of amides is 3. The van der Waals surface area contributed by atoms with Crippen LogP contribution in [0.25, 0.3) is 0 Å². The van der Waals surface area contributed by atoms with Crippen molar-refractivity contribution in [1.29, 1.82) is 0 Å². The first kappa shape index (κ1) is 16.5. The predicted octanol–water partition coefficient (Wildman–Crippen LogP) is 1.42. The molecule has 6 nitrogen and oxygen atoms in total. The molecule has 0 unspecified atom stereocenters. The van der Waals surface area contributed by atoms with E-state index in [9.17, 15) is 14.4 Å². The lowest BCUT2D eigenvalue weighted by molar-refractivity contribution is -0.117. The topological polar surface area (TPSA) is 78.5 Å². The molecule has 1 fully saturated rings. The maximum absolute atomic E-state index is 12.1. The number of hydrogen-bond acceptors (Lipinski definition) is 4. The molecule has 0 saturated carbocycles. The van der Waals surface area contributed by atoms with Crippen molar-refractivity contribution < 1.29 is 14.4 Å². The van der Waals surface area contributed by atoms with E-state index in [1.54, 1.807) is 18.2 Å². The standard InChI is InChI=1S/C15H17N3O3.ClH/c19-12(9-18-7-2-1-3-8-18)16-11-6-4-5-10-13(11)15(21)17-14(10)20;/h4-6H,1-3,7-9H2,(H,16,19)(H,17,20,21);1H. The van der Waals surface area contributed by atoms with Gasteiger partial charge in [0.2, 0.25) is 5.91 Å². The average Bonchev–Trinajstić information content (AvgIpc) is 2.76. The second-order valence-corrected chi connectivity index (χ2v) is 5.40. The van der Waals surface area contributed by atoms with Crippen LogP contribution in [0.1, 0.15) is 40.0 Å². The molecule has 7 heteroatoms. The molecular weight excluding hydrogens is 306 g/mol. The number of anilines is 1. The molecule has 3 rings (SSSR count). The van der Waals surface area contributed by atoms with Crippen LogP contribution in [0, 0.1) is 0 Å². The molecule has 1 aromatic rings. The Labute approximate surface area is 134 Å². The Morgan fingerprint density at radius 1 is 1.14 bits per heavy atom. The Morgan fingerprint density at radius 3 is 2.59 bits per heavy atom. The van der Waals surface area contributed by atoms with E-state index >= 15 is 0 Å². The fourth-order valence-electron chi connectivity index (χ4n) is 2.83. The van der Waals surface area contributed by atoms with Crippen molar-refractivity contribution in [3.8, 4) is 0 Å². The maximum Gasteiger partial charge on any atom is 0.261 e. The van der Waals surface area contributed by atoms with Crippen molar-refractivity contribution in [2.24, 2.45) is 0 Å². The number of fused-ring (bicyclic) bond motifs is 1. The molecule has 1 saturated heterocycles. The summed E-state index contributed by atoms with van der Waals surface area (Å²) < 4.78 is 0. The van der Waals surface area contributed by atoms with Gasteiger partial charge < -0.3 is 5.32 Å². The Bertz CT molecular complexity index is 612. The second kappa shape index (κ2) is 6.89. The summed E-state index contributed by atoms with van der Waals surface area (Å²) in [6.07, 6.45) is 3.45. The third kappa shape index (κ3) is 3.28. The molecule has 0 bridgehead atoms. The van der Waals surface area contributed by atoms with Crippen LogP contribution in [0.4, 0.5) is 5.69 Å². The molecule has 2 aliphatic heterocycles. The molecule has 0 aromatic heterocycles. The Kier molecular flexibility index (Phi) is 5.15. The number of rotatable bonds is 3. The van der Waals surface area contributed by atoms with Gasteiger partial charge in [0, 0.05) is 0 Å². The van der Waals surface area contributed by atoms with Gasteiger partial charge >= 0.3 is 0 Å². The fraction of sp³-hybridized carbons (Fsp3) is 0.400. The average molecular weight is 324 g/mol. The van der Waals surface area contributed by atoms with Crippen LogP contribution < -0.4 is 10.6 Å². The van der Waals surface area contributed by atoms with Crippen LogP contribution in [-0.2, 0) is 4.79 Å². The highest BCUT2D eigenvalue weighted by atomic mass is 35.5. The van der Waals surface area contributed by atoms with Gasteiger partial charge in [-0.3, -0.25) is 24.6 Å². The number of carbonyl (C=O) groups is 3. The van der Waals surface area contributed by atoms with Gasteiger partial charge in [-0.1, -0.05) is 12.5 Å². The van der Waals surface area contributed by atoms with E-state index in [1.807, 2.05) is 0 Å². The molecule has 0 radical (unpaired) electrons. The lowest BCUT2D eigenvalue weighted by Gasteiger charge is -2.25. The van der Waals surface area contributed by atoms with Crippen molar-refractivity contribution in [2.75, 3.05) is 25.0 Å². The summed E-state index contributed by atoms with van der Waals surface area (Å²) in [5, 5.41) is 4.98. The molecule has 2 aliphatic rings. The van der Waals surface area contributed by atoms with Crippen molar-refractivity contribution in [1.82, 2.24) is 10.2 Å². The first-order valence-electron chi connectivity index (χ1n) is 7.16. The minimum atomic E-state index is -0.455. The molecule has 1 aromatic carbocycles. The third-order valence-corrected chi connectivity index (χ3v) is 3.85. The zero-order valence-electron chi connectivity index (χ0n) is 12.1. The van der Waals surface area contributed by atoms with E-state index in [4.69, 9.17) is 0 Å². The molecule has 2 N–H and O–H groups in total. The molecule has 22 heavy (non-hydrogen) atoms. The van der Waals surface area contributed by atoms with E-state index in [0.717, 1.165) is 25.9 Å². The van der Waals surface area contributed by atoms with E-state index < -0.39 is 11.8 Å². The van der Waals surface area contributed by atoms with E-state index in [-0.39, 0.29) is 23.9 Å². The molecule has 118 valence electrons. The zero-order chi connectivity index (χ0) is 14.8. The highest BCUT2D eigenvalue weighted by molar-refractivity contribution is 6.24. The summed E-state index contributed by atoms with van der Waals surface area (Å²) in [4.78, 5) is 37.6. The number of hydrogen-bond donors (Lipinski definition) is 2. The van der Waals surface area contributed by atoms with Gasteiger partial charge in [0.25, 0.3) is 11.8 Å². The van der Waals surface area contributed by atoms with Crippen LogP contribution in [0.5, 0.6) is 0 Å². The van der Waals surface area contributed by atoms with Crippen molar-refractivity contribution >= 4 is 35.8 Å². The lowest BCUT2D eigenvalue weighted by Crippen LogP contribution is -2.37. The van der Waals surface area contributed by atoms with Gasteiger partial charge in [0.05, 0.1) is 23.4 Å². The highest BCUT2D eigenvalue weighted by Gasteiger charge is 2.29. The second-order valence-electron chi connectivity index (χ2n) is 5.40. The van der Waals surface area contributed by atoms with Crippen molar-refractivity contribution in [3.63, 3.8) is 0 Å². The van der Waals surface area contributed by atoms with Gasteiger partial charge in [0.15, 0.2) is 0 Å². The normalized spacial score (nSPS) is 17.5. The van der Waals surface area contributed by atoms with Gasteiger partial charge in [-0.25, -0.2) is 0 Å². The lowest BCUT2D eigenvalue weighted by atomic mass is 10.1. The van der Waals surface area contributed by atoms with Crippen molar-refractivity contribution in [2.45, 2.75) is 19.3 Å². The van der Waals surface area contributed by atoms with Crippen molar-refractivity contribution in [3.05, 3.63) is 29.3 Å². The number of halogens is 1. The smallest absolute Gasteiger partial charge is 0.261 e. The Hall–Kier alpha value is -1.92. The van der Waals surface area contributed by atoms with Crippen LogP contribution in [0.15, 0.2) is 18.2 Å². The molecule has 0 aliphatic carbocycles. The SMILES string of the molecule is Cl.O=C(CN1CCCCC1)Nc1cccc2c1C(=O)NC2=O. The summed E-state index contributed by atoms with van der Waals surface area (Å²) in [5.74, 6) is -1.02. The quantitative estimate of drug-likeness (QED) is 0.825. The number of benzene rings is 1. The monoisotopic (exact) mass is 323 g/mol. The number of piperidine rings is 1. The van der Waals surface area contributed by atoms with Crippen LogP contribution in [0.3, 0.4) is 0 Å². The molecule has 0 spiro atoms. The highest BCUT2D eigenvalue weighted by Crippen LogP contribution is 2.24. The molecule has 0 atom stereocenters. The first-order valence-corrected chi connectivity index (χ1v) is 7.16. The van der Waals surface area contributed by atoms with Gasteiger partial charge in [-0.15, -0.1) is 12.4 Å². The minimum absolute atomic E-state index is 0. The first-order chi connectivity index (χ1) is 10.1. The Morgan fingerprint density at radius 2 is 1.86 bits per heavy atom. The zero-order valence-corrected chi connectivity index (χ0v) is 12.9. The van der Waals surface area contributed by atoms with E-state index in [0.29, 0.717) is 17.8 Å². The largest absolute Gasteiger partial charge is 0.324 e. The Balaban J connectivity index is 0.00000176. The van der Waals surface area contributed by atoms with Crippen LogP contribution >= 0.6 is 12.4 Å². The van der Waals surface area contributed by atoms with Gasteiger partial charge in [-0.05, 0) is 38.1 Å². The summed E-state index contributed by atoms with van der Waals surface area (Å²) in [6, 6.07) is 4.88. The van der Waals surface area contributed by atoms with Gasteiger partial charge in [0.1, 0.15) is 0 Å². The minimum Gasteiger partial charge on any atom is -0.324 e. The molecule has 3 amide bonds. The number of nitrogens with one attached hydrogen (secondary N) is 2. The van der Waals surface area contributed by atoms with Crippen LogP contribution in [0.2, 0.25) is 0 Å². The number of carbonyl (C=O) groups excluding carboxylic acids is 3. The van der Waals surface area contributed by atoms with E-state index in [2.05, 4.69) is 15.5 Å². The third-order valence-electron chi connectivity index (χ3n) is 3.85. The van der Waals surface area contributed by atoms with Crippen LogP contribution in [-0.4, -0.2) is 42.3 Å². The fourth-order valence-corrected chi connectivity index (χ4v) is 2.83. The number of imide groups is 1. The molecular formula is C15H18ClN3O3. The summed E-state index contributed by atoms with van der Waals surface area (Å²) >= 11 is 0. The summed E-state index contributed by atoms with van der Waals surface area (Å²) in [5.41, 5.74) is 0.975. The summed E-state index contributed by atoms with van der Waals surface area (Å²) in [6.45, 7) is 2.18. The summed E-state index contributed by atoms with van der Waals surface area (Å²) in [7, 11) is 0. The predicted molar refractivity (Wildman–Crippen MR) is 84.4 cm³/mol. The van der Waals surface area contributed by atoms with Gasteiger partial charge in [-0.2, -0.15) is 0 Å². The maximum atomic E-state index is 12.1.